The third kappa shape index (κ3) is 2.49. The van der Waals surface area contributed by atoms with Gasteiger partial charge in [0.25, 0.3) is 0 Å². The molecule has 0 atom stereocenters. The summed E-state index contributed by atoms with van der Waals surface area (Å²) in [6.07, 6.45) is 7.79. The van der Waals surface area contributed by atoms with Crippen LogP contribution in [-0.4, -0.2) is 15.4 Å². The van der Waals surface area contributed by atoms with E-state index in [-0.39, 0.29) is 0 Å². The Balaban J connectivity index is 2.19. The van der Waals surface area contributed by atoms with E-state index in [0.29, 0.717) is 5.88 Å². The van der Waals surface area contributed by atoms with Crippen molar-refractivity contribution >= 4 is 22.9 Å². The lowest BCUT2D eigenvalue weighted by atomic mass is 10.4. The minimum atomic E-state index is 0.559. The lowest BCUT2D eigenvalue weighted by Crippen LogP contribution is -1.95. The predicted octanol–water partition coefficient (Wildman–Crippen LogP) is 3.41. The molecule has 0 saturated heterocycles. The van der Waals surface area contributed by atoms with Gasteiger partial charge in [-0.15, -0.1) is 22.9 Å². The van der Waals surface area contributed by atoms with Crippen LogP contribution < -0.4 is 0 Å². The summed E-state index contributed by atoms with van der Waals surface area (Å²) in [5.74, 6) is 1.58. The van der Waals surface area contributed by atoms with Crippen LogP contribution >= 0.6 is 22.9 Å². The van der Waals surface area contributed by atoms with Gasteiger partial charge in [-0.05, 0) is 11.4 Å². The fourth-order valence-electron chi connectivity index (χ4n) is 1.34. The molecule has 2 heterocycles. The number of alkyl halides is 1. The van der Waals surface area contributed by atoms with Gasteiger partial charge < -0.3 is 4.57 Å². The Bertz CT molecular complexity index is 431. The van der Waals surface area contributed by atoms with Crippen LogP contribution in [0, 0.1) is 0 Å². The Hall–Kier alpha value is -1.06. The molecular weight excluding hydrogens is 228 g/mol. The Morgan fingerprint density at radius 1 is 1.47 bits per heavy atom. The van der Waals surface area contributed by atoms with Crippen LogP contribution in [0.5, 0.6) is 0 Å². The fraction of sp³-hybridized carbons (Fsp3) is 0.182. The predicted molar refractivity (Wildman–Crippen MR) is 65.4 cm³/mol. The summed E-state index contributed by atoms with van der Waals surface area (Å²) in [6.45, 7) is 0.819. The van der Waals surface area contributed by atoms with Gasteiger partial charge in [0.1, 0.15) is 5.82 Å². The lowest BCUT2D eigenvalue weighted by Gasteiger charge is -2.01. The van der Waals surface area contributed by atoms with Gasteiger partial charge in [0.2, 0.25) is 0 Å². The van der Waals surface area contributed by atoms with E-state index < -0.39 is 0 Å². The molecule has 0 N–H and O–H groups in total. The fourth-order valence-corrected chi connectivity index (χ4v) is 2.20. The van der Waals surface area contributed by atoms with Gasteiger partial charge in [-0.25, -0.2) is 4.98 Å². The number of halogens is 1. The van der Waals surface area contributed by atoms with E-state index >= 15 is 0 Å². The van der Waals surface area contributed by atoms with Gasteiger partial charge in [0.05, 0.1) is 4.88 Å². The summed E-state index contributed by atoms with van der Waals surface area (Å²) >= 11 is 7.27. The summed E-state index contributed by atoms with van der Waals surface area (Å²) in [5.41, 5.74) is 0. The van der Waals surface area contributed by atoms with Crippen LogP contribution in [-0.2, 0) is 6.54 Å². The molecule has 2 aromatic heterocycles. The maximum Gasteiger partial charge on any atom is 0.150 e. The number of nitrogens with zero attached hydrogens (tertiary/aromatic N) is 2. The van der Waals surface area contributed by atoms with E-state index in [2.05, 4.69) is 21.0 Å². The van der Waals surface area contributed by atoms with Crippen molar-refractivity contribution in [3.05, 3.63) is 42.1 Å². The van der Waals surface area contributed by atoms with Gasteiger partial charge in [-0.1, -0.05) is 18.2 Å². The smallest absolute Gasteiger partial charge is 0.150 e. The molecule has 0 bridgehead atoms. The minimum absolute atomic E-state index is 0.559. The maximum atomic E-state index is 5.57. The highest BCUT2D eigenvalue weighted by Gasteiger charge is 2.04. The van der Waals surface area contributed by atoms with E-state index in [1.54, 1.807) is 11.3 Å². The van der Waals surface area contributed by atoms with Crippen LogP contribution in [0.1, 0.15) is 0 Å². The molecule has 0 aliphatic heterocycles. The number of thiophene rings is 1. The van der Waals surface area contributed by atoms with Gasteiger partial charge in [0.15, 0.2) is 0 Å². The molecule has 0 amide bonds. The molecule has 2 aromatic rings. The monoisotopic (exact) mass is 238 g/mol. The number of aromatic nitrogens is 2. The molecule has 78 valence electrons. The lowest BCUT2D eigenvalue weighted by molar-refractivity contribution is 0.831. The second-order valence-electron chi connectivity index (χ2n) is 3.01. The van der Waals surface area contributed by atoms with Gasteiger partial charge in [0, 0.05) is 24.8 Å². The van der Waals surface area contributed by atoms with E-state index in [9.17, 15) is 0 Å². The summed E-state index contributed by atoms with van der Waals surface area (Å²) in [4.78, 5) is 5.54. The van der Waals surface area contributed by atoms with Crippen molar-refractivity contribution < 1.29 is 0 Å². The molecule has 0 aliphatic carbocycles. The second kappa shape index (κ2) is 5.14. The topological polar surface area (TPSA) is 17.8 Å². The molecule has 0 radical (unpaired) electrons. The summed E-state index contributed by atoms with van der Waals surface area (Å²) in [5, 5.41) is 2.06. The highest BCUT2D eigenvalue weighted by molar-refractivity contribution is 7.13. The van der Waals surface area contributed by atoms with Crippen molar-refractivity contribution in [3.63, 3.8) is 0 Å². The van der Waals surface area contributed by atoms with Crippen LogP contribution in [0.2, 0.25) is 0 Å². The SMILES string of the molecule is ClCC=CCn1ccnc1-c1cccs1. The third-order valence-electron chi connectivity index (χ3n) is 2.01. The molecule has 15 heavy (non-hydrogen) atoms. The highest BCUT2D eigenvalue weighted by atomic mass is 35.5. The van der Waals surface area contributed by atoms with Gasteiger partial charge in [-0.3, -0.25) is 0 Å². The molecule has 0 spiro atoms. The summed E-state index contributed by atoms with van der Waals surface area (Å²) in [7, 11) is 0. The van der Waals surface area contributed by atoms with Crippen LogP contribution in [0.15, 0.2) is 42.1 Å². The van der Waals surface area contributed by atoms with E-state index in [0.717, 1.165) is 12.4 Å². The standard InChI is InChI=1S/C11H11ClN2S/c12-5-1-2-7-14-8-6-13-11(14)10-4-3-9-15-10/h1-4,6,8-9H,5,7H2. The van der Waals surface area contributed by atoms with Crippen molar-refractivity contribution in [3.8, 4) is 10.7 Å². The van der Waals surface area contributed by atoms with Crippen molar-refractivity contribution in [1.29, 1.82) is 0 Å². The first-order valence-corrected chi connectivity index (χ1v) is 6.09. The summed E-state index contributed by atoms with van der Waals surface area (Å²) < 4.78 is 2.11. The molecule has 4 heteroatoms. The molecule has 0 saturated carbocycles. The third-order valence-corrected chi connectivity index (χ3v) is 3.06. The molecule has 0 aliphatic rings. The van der Waals surface area contributed by atoms with Gasteiger partial charge in [-0.2, -0.15) is 0 Å². The number of imidazole rings is 1. The number of hydrogen-bond acceptors (Lipinski definition) is 2. The number of allylic oxidation sites excluding steroid dienone is 2. The first-order chi connectivity index (χ1) is 7.42. The van der Waals surface area contributed by atoms with Crippen LogP contribution in [0.4, 0.5) is 0 Å². The Morgan fingerprint density at radius 2 is 2.40 bits per heavy atom. The first kappa shape index (κ1) is 10.5. The number of rotatable bonds is 4. The van der Waals surface area contributed by atoms with Crippen LogP contribution in [0.25, 0.3) is 10.7 Å². The van der Waals surface area contributed by atoms with Crippen molar-refractivity contribution in [2.75, 3.05) is 5.88 Å². The molecule has 2 rings (SSSR count). The van der Waals surface area contributed by atoms with Crippen molar-refractivity contribution in [2.24, 2.45) is 0 Å². The second-order valence-corrected chi connectivity index (χ2v) is 4.26. The average Bonchev–Trinajstić information content (AvgIpc) is 2.87. The Labute approximate surface area is 97.8 Å². The molecule has 2 nitrogen and oxygen atoms in total. The zero-order valence-corrected chi connectivity index (χ0v) is 9.71. The normalized spacial score (nSPS) is 11.3. The molecule has 0 fully saturated rings. The van der Waals surface area contributed by atoms with E-state index in [1.807, 2.05) is 30.6 Å². The molecular formula is C11H11ClN2S. The average molecular weight is 239 g/mol. The first-order valence-electron chi connectivity index (χ1n) is 4.68. The Kier molecular flexibility index (Phi) is 3.59. The minimum Gasteiger partial charge on any atom is -0.326 e. The summed E-state index contributed by atoms with van der Waals surface area (Å²) in [6, 6.07) is 4.11. The van der Waals surface area contributed by atoms with Crippen LogP contribution in [0.3, 0.4) is 0 Å². The zero-order chi connectivity index (χ0) is 10.5. The molecule has 0 unspecified atom stereocenters. The largest absolute Gasteiger partial charge is 0.326 e. The molecule has 0 aromatic carbocycles. The number of hydrogen-bond donors (Lipinski definition) is 0. The van der Waals surface area contributed by atoms with E-state index in [4.69, 9.17) is 11.6 Å². The van der Waals surface area contributed by atoms with Gasteiger partial charge >= 0.3 is 0 Å². The van der Waals surface area contributed by atoms with E-state index in [1.165, 1.54) is 4.88 Å². The quantitative estimate of drug-likeness (QED) is 0.590. The maximum absolute atomic E-state index is 5.57. The zero-order valence-electron chi connectivity index (χ0n) is 8.14. The van der Waals surface area contributed by atoms with Crippen molar-refractivity contribution in [2.45, 2.75) is 6.54 Å². The van der Waals surface area contributed by atoms with Crippen molar-refractivity contribution in [1.82, 2.24) is 9.55 Å². The highest BCUT2D eigenvalue weighted by Crippen LogP contribution is 2.22. The Morgan fingerprint density at radius 3 is 3.13 bits per heavy atom.